The maximum Gasteiger partial charge on any atom is 0.115 e. The highest BCUT2D eigenvalue weighted by Gasteiger charge is 2.22. The predicted octanol–water partition coefficient (Wildman–Crippen LogP) is 2.33. The largest absolute Gasteiger partial charge is 0.508 e. The van der Waals surface area contributed by atoms with E-state index in [2.05, 4.69) is 23.3 Å². The van der Waals surface area contributed by atoms with Gasteiger partial charge < -0.3 is 10.4 Å². The maximum atomic E-state index is 9.57. The molecule has 1 atom stereocenters. The van der Waals surface area contributed by atoms with Gasteiger partial charge in [-0.05, 0) is 53.8 Å². The minimum Gasteiger partial charge on any atom is -0.508 e. The van der Waals surface area contributed by atoms with Crippen LogP contribution in [0, 0.1) is 6.92 Å². The molecule has 92 valence electrons. The van der Waals surface area contributed by atoms with Gasteiger partial charge in [0.2, 0.25) is 0 Å². The van der Waals surface area contributed by atoms with E-state index in [0.717, 1.165) is 13.0 Å². The van der Waals surface area contributed by atoms with E-state index < -0.39 is 0 Å². The third-order valence-corrected chi connectivity index (χ3v) is 3.56. The highest BCUT2D eigenvalue weighted by molar-refractivity contribution is 5.44. The first-order valence-corrected chi connectivity index (χ1v) is 6.21. The average molecular weight is 240 g/mol. The molecule has 0 saturated heterocycles. The molecular formula is C15H16N2O. The van der Waals surface area contributed by atoms with Crippen molar-refractivity contribution in [1.82, 2.24) is 10.3 Å². The number of pyridine rings is 1. The monoisotopic (exact) mass is 240 g/mol. The summed E-state index contributed by atoms with van der Waals surface area (Å²) in [5, 5.41) is 13.1. The minimum absolute atomic E-state index is 0.206. The summed E-state index contributed by atoms with van der Waals surface area (Å²) in [6.07, 6.45) is 4.69. The second kappa shape index (κ2) is 4.42. The van der Waals surface area contributed by atoms with Crippen molar-refractivity contribution >= 4 is 0 Å². The van der Waals surface area contributed by atoms with Gasteiger partial charge >= 0.3 is 0 Å². The Bertz CT molecular complexity index is 580. The number of hydrogen-bond donors (Lipinski definition) is 2. The first-order valence-electron chi connectivity index (χ1n) is 6.21. The molecule has 0 spiro atoms. The van der Waals surface area contributed by atoms with Crippen LogP contribution in [0.3, 0.4) is 0 Å². The van der Waals surface area contributed by atoms with Gasteiger partial charge in [0.1, 0.15) is 5.75 Å². The summed E-state index contributed by atoms with van der Waals surface area (Å²) in [7, 11) is 0. The summed E-state index contributed by atoms with van der Waals surface area (Å²) in [6.45, 7) is 3.02. The first kappa shape index (κ1) is 11.2. The van der Waals surface area contributed by atoms with E-state index in [-0.39, 0.29) is 6.04 Å². The molecule has 0 aliphatic carbocycles. The molecule has 2 heterocycles. The zero-order valence-electron chi connectivity index (χ0n) is 10.4. The Labute approximate surface area is 107 Å². The van der Waals surface area contributed by atoms with Gasteiger partial charge in [-0.3, -0.25) is 4.98 Å². The van der Waals surface area contributed by atoms with E-state index >= 15 is 0 Å². The van der Waals surface area contributed by atoms with Gasteiger partial charge in [-0.15, -0.1) is 0 Å². The van der Waals surface area contributed by atoms with Crippen LogP contribution in [0.1, 0.15) is 28.3 Å². The lowest BCUT2D eigenvalue weighted by atomic mass is 9.88. The van der Waals surface area contributed by atoms with Crippen LogP contribution in [0.2, 0.25) is 0 Å². The van der Waals surface area contributed by atoms with E-state index in [1.165, 1.54) is 22.3 Å². The number of aryl methyl sites for hydroxylation is 1. The zero-order valence-corrected chi connectivity index (χ0v) is 10.4. The van der Waals surface area contributed by atoms with Crippen molar-refractivity contribution in [1.29, 1.82) is 0 Å². The Morgan fingerprint density at radius 2 is 2.17 bits per heavy atom. The van der Waals surface area contributed by atoms with Gasteiger partial charge in [0.05, 0.1) is 6.04 Å². The van der Waals surface area contributed by atoms with E-state index in [0.29, 0.717) is 5.75 Å². The topological polar surface area (TPSA) is 45.2 Å². The van der Waals surface area contributed by atoms with Gasteiger partial charge in [0, 0.05) is 18.9 Å². The van der Waals surface area contributed by atoms with Crippen LogP contribution in [-0.2, 0) is 6.42 Å². The molecule has 3 heteroatoms. The Kier molecular flexibility index (Phi) is 2.76. The van der Waals surface area contributed by atoms with E-state index in [1.807, 2.05) is 24.5 Å². The van der Waals surface area contributed by atoms with Crippen molar-refractivity contribution in [2.75, 3.05) is 6.54 Å². The summed E-state index contributed by atoms with van der Waals surface area (Å²) in [5.41, 5.74) is 4.94. The first-order chi connectivity index (χ1) is 8.75. The molecule has 3 rings (SSSR count). The summed E-state index contributed by atoms with van der Waals surface area (Å²) < 4.78 is 0. The lowest BCUT2D eigenvalue weighted by Crippen LogP contribution is -2.31. The van der Waals surface area contributed by atoms with Crippen LogP contribution in [0.15, 0.2) is 36.7 Å². The SMILES string of the molecule is Cc1cnccc1[C@@H]1NCCc2cc(O)ccc21. The standard InChI is InChI=1S/C15H16N2O/c1-10-9-16-6-5-13(10)15-14-3-2-12(18)8-11(14)4-7-17-15/h2-3,5-6,8-9,15,17-18H,4,7H2,1H3/t15-/m0/s1. The summed E-state index contributed by atoms with van der Waals surface area (Å²) in [4.78, 5) is 4.14. The molecule has 0 unspecified atom stereocenters. The Morgan fingerprint density at radius 3 is 3.00 bits per heavy atom. The molecule has 0 bridgehead atoms. The molecule has 1 aromatic carbocycles. The second-order valence-electron chi connectivity index (χ2n) is 4.75. The lowest BCUT2D eigenvalue weighted by Gasteiger charge is -2.28. The number of hydrogen-bond acceptors (Lipinski definition) is 3. The number of phenols is 1. The van der Waals surface area contributed by atoms with E-state index in [1.54, 1.807) is 6.07 Å². The van der Waals surface area contributed by atoms with Gasteiger partial charge in [-0.2, -0.15) is 0 Å². The van der Waals surface area contributed by atoms with Crippen LogP contribution in [0.4, 0.5) is 0 Å². The summed E-state index contributed by atoms with van der Waals surface area (Å²) in [6, 6.07) is 7.92. The Morgan fingerprint density at radius 1 is 1.28 bits per heavy atom. The molecule has 2 N–H and O–H groups in total. The van der Waals surface area contributed by atoms with E-state index in [9.17, 15) is 5.11 Å². The predicted molar refractivity (Wildman–Crippen MR) is 70.6 cm³/mol. The van der Waals surface area contributed by atoms with Crippen molar-refractivity contribution in [2.24, 2.45) is 0 Å². The molecule has 0 fully saturated rings. The average Bonchev–Trinajstić information content (AvgIpc) is 2.38. The quantitative estimate of drug-likeness (QED) is 0.804. The van der Waals surface area contributed by atoms with Gasteiger partial charge in [-0.25, -0.2) is 0 Å². The fraction of sp³-hybridized carbons (Fsp3) is 0.267. The maximum absolute atomic E-state index is 9.57. The number of benzene rings is 1. The number of nitrogens with zero attached hydrogens (tertiary/aromatic N) is 1. The number of aromatic hydroxyl groups is 1. The number of phenolic OH excluding ortho intramolecular Hbond substituents is 1. The third kappa shape index (κ3) is 1.87. The van der Waals surface area contributed by atoms with Crippen LogP contribution in [0.5, 0.6) is 5.75 Å². The molecule has 0 radical (unpaired) electrons. The van der Waals surface area contributed by atoms with Gasteiger partial charge in [0.25, 0.3) is 0 Å². The number of nitrogens with one attached hydrogen (secondary N) is 1. The second-order valence-corrected chi connectivity index (χ2v) is 4.75. The van der Waals surface area contributed by atoms with E-state index in [4.69, 9.17) is 0 Å². The molecular weight excluding hydrogens is 224 g/mol. The Hall–Kier alpha value is -1.87. The van der Waals surface area contributed by atoms with Crippen LogP contribution >= 0.6 is 0 Å². The molecule has 0 amide bonds. The fourth-order valence-corrected chi connectivity index (χ4v) is 2.64. The molecule has 18 heavy (non-hydrogen) atoms. The summed E-state index contributed by atoms with van der Waals surface area (Å²) >= 11 is 0. The highest BCUT2D eigenvalue weighted by Crippen LogP contribution is 2.31. The van der Waals surface area contributed by atoms with Crippen LogP contribution in [-0.4, -0.2) is 16.6 Å². The molecule has 3 nitrogen and oxygen atoms in total. The molecule has 0 saturated carbocycles. The van der Waals surface area contributed by atoms with Crippen molar-refractivity contribution < 1.29 is 5.11 Å². The zero-order chi connectivity index (χ0) is 12.5. The van der Waals surface area contributed by atoms with Crippen LogP contribution in [0.25, 0.3) is 0 Å². The minimum atomic E-state index is 0.206. The number of rotatable bonds is 1. The number of fused-ring (bicyclic) bond motifs is 1. The van der Waals surface area contributed by atoms with Crippen LogP contribution < -0.4 is 5.32 Å². The summed E-state index contributed by atoms with van der Waals surface area (Å²) in [5.74, 6) is 0.348. The number of aromatic nitrogens is 1. The normalized spacial score (nSPS) is 18.4. The van der Waals surface area contributed by atoms with Crippen molar-refractivity contribution in [3.63, 3.8) is 0 Å². The van der Waals surface area contributed by atoms with Crippen molar-refractivity contribution in [3.05, 3.63) is 58.9 Å². The molecule has 1 aromatic heterocycles. The molecule has 1 aliphatic heterocycles. The smallest absolute Gasteiger partial charge is 0.115 e. The van der Waals surface area contributed by atoms with Crippen molar-refractivity contribution in [2.45, 2.75) is 19.4 Å². The highest BCUT2D eigenvalue weighted by atomic mass is 16.3. The third-order valence-electron chi connectivity index (χ3n) is 3.56. The van der Waals surface area contributed by atoms with Crippen molar-refractivity contribution in [3.8, 4) is 5.75 Å². The molecule has 2 aromatic rings. The van der Waals surface area contributed by atoms with Gasteiger partial charge in [0.15, 0.2) is 0 Å². The Balaban J connectivity index is 2.09. The lowest BCUT2D eigenvalue weighted by molar-refractivity contribution is 0.471. The fourth-order valence-electron chi connectivity index (χ4n) is 2.64. The van der Waals surface area contributed by atoms with Gasteiger partial charge in [-0.1, -0.05) is 6.07 Å². The molecule has 1 aliphatic rings.